The van der Waals surface area contributed by atoms with E-state index in [1.54, 1.807) is 6.20 Å². The molecule has 1 aromatic rings. The fraction of sp³-hybridized carbons (Fsp3) is 0.182. The van der Waals surface area contributed by atoms with Gasteiger partial charge < -0.3 is 5.32 Å². The molecular weight excluding hydrogens is 287 g/mol. The molecule has 0 fully saturated rings. The molecule has 0 aromatic carbocycles. The number of anilines is 1. The molecule has 1 aliphatic rings. The largest absolute Gasteiger partial charge is 0.349 e. The van der Waals surface area contributed by atoms with E-state index in [2.05, 4.69) is 57.2 Å². The van der Waals surface area contributed by atoms with Crippen LogP contribution in [0.4, 0.5) is 5.82 Å². The molecule has 0 amide bonds. The third kappa shape index (κ3) is 1.82. The van der Waals surface area contributed by atoms with Gasteiger partial charge in [-0.15, -0.1) is 0 Å². The minimum absolute atomic E-state index is 0.131. The lowest BCUT2D eigenvalue weighted by atomic mass is 10.1. The van der Waals surface area contributed by atoms with Crippen LogP contribution in [0.3, 0.4) is 0 Å². The molecule has 1 atom stereocenters. The number of hydrogen-bond acceptors (Lipinski definition) is 2. The molecule has 3 heteroatoms. The van der Waals surface area contributed by atoms with Crippen LogP contribution in [-0.2, 0) is 0 Å². The number of fused-ring (bicyclic) bond motifs is 1. The van der Waals surface area contributed by atoms with Crippen molar-refractivity contribution in [2.75, 3.05) is 5.32 Å². The quantitative estimate of drug-likeness (QED) is 0.373. The highest BCUT2D eigenvalue weighted by Crippen LogP contribution is 2.31. The molecule has 72 valence electrons. The van der Waals surface area contributed by atoms with Crippen LogP contribution in [0.1, 0.15) is 12.5 Å². The smallest absolute Gasteiger partial charge is 0.134 e. The second-order valence-electron chi connectivity index (χ2n) is 3.17. The van der Waals surface area contributed by atoms with Gasteiger partial charge in [-0.3, -0.25) is 0 Å². The van der Waals surface area contributed by atoms with Crippen LogP contribution in [0, 0.1) is 0 Å². The number of rotatable bonds is 1. The summed E-state index contributed by atoms with van der Waals surface area (Å²) in [6.45, 7) is 2.02. The topological polar surface area (TPSA) is 24.9 Å². The van der Waals surface area contributed by atoms with Gasteiger partial charge in [0.25, 0.3) is 0 Å². The van der Waals surface area contributed by atoms with Crippen LogP contribution in [0.5, 0.6) is 0 Å². The predicted octanol–water partition coefficient (Wildman–Crippen LogP) is 3.23. The normalized spacial score (nSPS) is 24.7. The standard InChI is InChI=1S/C11H11IN2/c1-2-6-11(12)7-5-9-4-3-8-13-10(9)14-11/h2-8H,1H3,(H,13,14). The predicted molar refractivity (Wildman–Crippen MR) is 68.5 cm³/mol. The molecule has 2 rings (SSSR count). The SMILES string of the molecule is CC=CC1(I)C=Cc2cccnc2N1. The van der Waals surface area contributed by atoms with Crippen LogP contribution in [0.15, 0.2) is 36.6 Å². The summed E-state index contributed by atoms with van der Waals surface area (Å²) < 4.78 is -0.131. The molecule has 0 saturated heterocycles. The zero-order valence-corrected chi connectivity index (χ0v) is 10.0. The summed E-state index contributed by atoms with van der Waals surface area (Å²) in [6.07, 6.45) is 10.2. The highest BCUT2D eigenvalue weighted by atomic mass is 127. The zero-order valence-electron chi connectivity index (χ0n) is 7.87. The van der Waals surface area contributed by atoms with E-state index in [0.717, 1.165) is 11.4 Å². The van der Waals surface area contributed by atoms with Crippen molar-refractivity contribution < 1.29 is 0 Å². The zero-order chi connectivity index (χ0) is 10.0. The van der Waals surface area contributed by atoms with Crippen LogP contribution < -0.4 is 5.32 Å². The first-order valence-electron chi connectivity index (χ1n) is 4.49. The van der Waals surface area contributed by atoms with E-state index in [4.69, 9.17) is 0 Å². The molecule has 0 spiro atoms. The number of aromatic nitrogens is 1. The Morgan fingerprint density at radius 2 is 2.43 bits per heavy atom. The number of nitrogens with zero attached hydrogens (tertiary/aromatic N) is 1. The summed E-state index contributed by atoms with van der Waals surface area (Å²) in [4.78, 5) is 4.30. The molecule has 1 aromatic heterocycles. The lowest BCUT2D eigenvalue weighted by Crippen LogP contribution is -2.28. The summed E-state index contributed by atoms with van der Waals surface area (Å²) in [5, 5.41) is 3.38. The molecule has 2 heterocycles. The number of hydrogen-bond donors (Lipinski definition) is 1. The van der Waals surface area contributed by atoms with Crippen molar-refractivity contribution in [1.82, 2.24) is 4.98 Å². The molecule has 14 heavy (non-hydrogen) atoms. The Kier molecular flexibility index (Phi) is 2.58. The monoisotopic (exact) mass is 298 g/mol. The van der Waals surface area contributed by atoms with Gasteiger partial charge in [-0.1, -0.05) is 12.2 Å². The van der Waals surface area contributed by atoms with E-state index in [0.29, 0.717) is 0 Å². The lowest BCUT2D eigenvalue weighted by Gasteiger charge is -2.27. The Morgan fingerprint density at radius 1 is 1.57 bits per heavy atom. The highest BCUT2D eigenvalue weighted by Gasteiger charge is 2.23. The number of allylic oxidation sites excluding steroid dienone is 1. The molecule has 2 nitrogen and oxygen atoms in total. The molecule has 0 aliphatic carbocycles. The van der Waals surface area contributed by atoms with E-state index in [9.17, 15) is 0 Å². The molecule has 0 radical (unpaired) electrons. The van der Waals surface area contributed by atoms with Crippen LogP contribution in [-0.4, -0.2) is 8.53 Å². The summed E-state index contributed by atoms with van der Waals surface area (Å²) in [7, 11) is 0. The van der Waals surface area contributed by atoms with Gasteiger partial charge in [-0.05, 0) is 53.8 Å². The number of nitrogens with one attached hydrogen (secondary N) is 1. The number of alkyl halides is 1. The third-order valence-corrected chi connectivity index (χ3v) is 3.05. The molecule has 0 bridgehead atoms. The third-order valence-electron chi connectivity index (χ3n) is 2.06. The molecular formula is C11H11IN2. The van der Waals surface area contributed by atoms with E-state index in [1.165, 1.54) is 0 Å². The molecule has 1 aliphatic heterocycles. The Hall–Kier alpha value is -0.840. The first-order valence-corrected chi connectivity index (χ1v) is 5.56. The van der Waals surface area contributed by atoms with Crippen LogP contribution in [0.2, 0.25) is 0 Å². The minimum atomic E-state index is -0.131. The van der Waals surface area contributed by atoms with Crippen molar-refractivity contribution in [3.63, 3.8) is 0 Å². The van der Waals surface area contributed by atoms with Crippen molar-refractivity contribution >= 4 is 34.5 Å². The van der Waals surface area contributed by atoms with Gasteiger partial charge >= 0.3 is 0 Å². The second-order valence-corrected chi connectivity index (χ2v) is 4.95. The van der Waals surface area contributed by atoms with Crippen molar-refractivity contribution in [2.45, 2.75) is 10.5 Å². The Balaban J connectivity index is 2.38. The van der Waals surface area contributed by atoms with Crippen molar-refractivity contribution in [1.29, 1.82) is 0 Å². The van der Waals surface area contributed by atoms with Gasteiger partial charge in [-0.25, -0.2) is 4.98 Å². The number of halogens is 1. The van der Waals surface area contributed by atoms with Gasteiger partial charge in [0.15, 0.2) is 0 Å². The highest BCUT2D eigenvalue weighted by molar-refractivity contribution is 14.1. The van der Waals surface area contributed by atoms with E-state index < -0.39 is 0 Å². The van der Waals surface area contributed by atoms with Crippen molar-refractivity contribution in [2.24, 2.45) is 0 Å². The maximum absolute atomic E-state index is 4.30. The van der Waals surface area contributed by atoms with Gasteiger partial charge in [-0.2, -0.15) is 0 Å². The van der Waals surface area contributed by atoms with E-state index >= 15 is 0 Å². The first-order chi connectivity index (χ1) is 6.73. The maximum atomic E-state index is 4.30. The minimum Gasteiger partial charge on any atom is -0.349 e. The van der Waals surface area contributed by atoms with Gasteiger partial charge in [0.2, 0.25) is 0 Å². The van der Waals surface area contributed by atoms with Crippen molar-refractivity contribution in [3.8, 4) is 0 Å². The van der Waals surface area contributed by atoms with Gasteiger partial charge in [0.05, 0.1) is 0 Å². The second kappa shape index (κ2) is 3.73. The maximum Gasteiger partial charge on any atom is 0.134 e. The Labute approximate surface area is 97.3 Å². The van der Waals surface area contributed by atoms with Crippen LogP contribution in [0.25, 0.3) is 6.08 Å². The lowest BCUT2D eigenvalue weighted by molar-refractivity contribution is 1.03. The Morgan fingerprint density at radius 3 is 3.21 bits per heavy atom. The summed E-state index contributed by atoms with van der Waals surface area (Å²) in [6, 6.07) is 4.00. The molecule has 0 saturated carbocycles. The Bertz CT molecular complexity index is 398. The van der Waals surface area contributed by atoms with Gasteiger partial charge in [0.1, 0.15) is 9.36 Å². The van der Waals surface area contributed by atoms with E-state index in [1.807, 2.05) is 19.1 Å². The number of pyridine rings is 1. The summed E-state index contributed by atoms with van der Waals surface area (Å²) >= 11 is 2.36. The summed E-state index contributed by atoms with van der Waals surface area (Å²) in [5.41, 5.74) is 1.14. The first kappa shape index (κ1) is 9.71. The molecule has 1 N–H and O–H groups in total. The van der Waals surface area contributed by atoms with Crippen LogP contribution >= 0.6 is 22.6 Å². The van der Waals surface area contributed by atoms with E-state index in [-0.39, 0.29) is 3.55 Å². The fourth-order valence-corrected chi connectivity index (χ4v) is 2.23. The van der Waals surface area contributed by atoms with Crippen molar-refractivity contribution in [3.05, 3.63) is 42.1 Å². The summed E-state index contributed by atoms with van der Waals surface area (Å²) in [5.74, 6) is 0.947. The molecule has 1 unspecified atom stereocenters. The van der Waals surface area contributed by atoms with Gasteiger partial charge in [0, 0.05) is 11.8 Å². The fourth-order valence-electron chi connectivity index (χ4n) is 1.43. The average molecular weight is 298 g/mol. The average Bonchev–Trinajstić information content (AvgIpc) is 2.17.